The molecule has 0 fully saturated rings. The topological polar surface area (TPSA) is 43.1 Å². The summed E-state index contributed by atoms with van der Waals surface area (Å²) in [5, 5.41) is 10.0. The van der Waals surface area contributed by atoms with Gasteiger partial charge in [-0.3, -0.25) is 10.1 Å². The summed E-state index contributed by atoms with van der Waals surface area (Å²) in [7, 11) is 0. The average Bonchev–Trinajstić information content (AvgIpc) is 1.82. The predicted molar refractivity (Wildman–Crippen MR) is 35.6 cm³/mol. The van der Waals surface area contributed by atoms with Crippen LogP contribution >= 0.6 is 0 Å². The standard InChI is InChI=1S/C6H9NO2/c1-3-5-6(4-2)7(8)9/h3-5H,1-2H3/b5-3-,6-4+. The Kier molecular flexibility index (Phi) is 3.35. The van der Waals surface area contributed by atoms with Gasteiger partial charge >= 0.3 is 0 Å². The van der Waals surface area contributed by atoms with Crippen LogP contribution < -0.4 is 0 Å². The van der Waals surface area contributed by atoms with Crippen molar-refractivity contribution in [2.75, 3.05) is 0 Å². The van der Waals surface area contributed by atoms with E-state index in [9.17, 15) is 10.1 Å². The maximum atomic E-state index is 10.0. The van der Waals surface area contributed by atoms with E-state index in [2.05, 4.69) is 0 Å². The molecule has 0 radical (unpaired) electrons. The molecule has 0 amide bonds. The maximum Gasteiger partial charge on any atom is 0.264 e. The van der Waals surface area contributed by atoms with Crippen molar-refractivity contribution in [2.45, 2.75) is 13.8 Å². The van der Waals surface area contributed by atoms with Crippen molar-refractivity contribution in [2.24, 2.45) is 0 Å². The molecule has 0 bridgehead atoms. The quantitative estimate of drug-likeness (QED) is 0.322. The lowest BCUT2D eigenvalue weighted by molar-refractivity contribution is -0.419. The van der Waals surface area contributed by atoms with Crippen molar-refractivity contribution in [1.29, 1.82) is 0 Å². The molecule has 0 atom stereocenters. The third-order valence-corrected chi connectivity index (χ3v) is 0.844. The monoisotopic (exact) mass is 127 g/mol. The molecule has 0 spiro atoms. The molecule has 0 saturated heterocycles. The maximum absolute atomic E-state index is 10.0. The number of hydrogen-bond donors (Lipinski definition) is 0. The third kappa shape index (κ3) is 2.64. The van der Waals surface area contributed by atoms with Gasteiger partial charge in [-0.15, -0.1) is 0 Å². The molecule has 0 saturated carbocycles. The van der Waals surface area contributed by atoms with E-state index in [4.69, 9.17) is 0 Å². The van der Waals surface area contributed by atoms with E-state index in [0.29, 0.717) is 0 Å². The first-order chi connectivity index (χ1) is 4.22. The van der Waals surface area contributed by atoms with Crippen molar-refractivity contribution in [3.05, 3.63) is 34.0 Å². The van der Waals surface area contributed by atoms with Gasteiger partial charge in [0.05, 0.1) is 4.92 Å². The fourth-order valence-electron chi connectivity index (χ4n) is 0.433. The highest BCUT2D eigenvalue weighted by molar-refractivity contribution is 5.08. The SMILES string of the molecule is C/C=C\C(=C/C)[N+](=O)[O-]. The zero-order valence-electron chi connectivity index (χ0n) is 5.50. The summed E-state index contributed by atoms with van der Waals surface area (Å²) >= 11 is 0. The summed E-state index contributed by atoms with van der Waals surface area (Å²) < 4.78 is 0. The van der Waals surface area contributed by atoms with Crippen LogP contribution in [0.4, 0.5) is 0 Å². The highest BCUT2D eigenvalue weighted by Gasteiger charge is 1.99. The Labute approximate surface area is 53.8 Å². The third-order valence-electron chi connectivity index (χ3n) is 0.844. The first-order valence-corrected chi connectivity index (χ1v) is 2.65. The van der Waals surface area contributed by atoms with Crippen LogP contribution in [-0.2, 0) is 0 Å². The van der Waals surface area contributed by atoms with E-state index >= 15 is 0 Å². The Bertz CT molecular complexity index is 158. The average molecular weight is 127 g/mol. The molecular formula is C6H9NO2. The molecule has 0 unspecified atom stereocenters. The highest BCUT2D eigenvalue weighted by atomic mass is 16.6. The van der Waals surface area contributed by atoms with E-state index in [0.717, 1.165) is 0 Å². The lowest BCUT2D eigenvalue weighted by atomic mass is 10.4. The Morgan fingerprint density at radius 3 is 2.22 bits per heavy atom. The van der Waals surface area contributed by atoms with E-state index in [1.807, 2.05) is 0 Å². The van der Waals surface area contributed by atoms with Crippen LogP contribution in [0.3, 0.4) is 0 Å². The molecule has 0 heterocycles. The van der Waals surface area contributed by atoms with Crippen molar-refractivity contribution in [3.8, 4) is 0 Å². The van der Waals surface area contributed by atoms with Crippen molar-refractivity contribution in [1.82, 2.24) is 0 Å². The lowest BCUT2D eigenvalue weighted by Crippen LogP contribution is -1.93. The molecule has 9 heavy (non-hydrogen) atoms. The molecule has 0 aliphatic heterocycles. The molecule has 0 aromatic rings. The molecule has 0 aliphatic carbocycles. The van der Waals surface area contributed by atoms with Gasteiger partial charge in [0.15, 0.2) is 0 Å². The number of rotatable bonds is 2. The molecule has 3 heteroatoms. The second-order valence-corrected chi connectivity index (χ2v) is 1.47. The van der Waals surface area contributed by atoms with Gasteiger partial charge in [0.1, 0.15) is 0 Å². The van der Waals surface area contributed by atoms with Crippen molar-refractivity contribution >= 4 is 0 Å². The van der Waals surface area contributed by atoms with Gasteiger partial charge in [-0.1, -0.05) is 6.08 Å². The Hall–Kier alpha value is -1.12. The summed E-state index contributed by atoms with van der Waals surface area (Å²) in [6.07, 6.45) is 4.55. The van der Waals surface area contributed by atoms with Crippen LogP contribution in [0.1, 0.15) is 13.8 Å². The summed E-state index contributed by atoms with van der Waals surface area (Å²) in [6, 6.07) is 0. The molecule has 0 aliphatic rings. The first kappa shape index (κ1) is 7.88. The minimum absolute atomic E-state index is 0.137. The minimum Gasteiger partial charge on any atom is -0.258 e. The van der Waals surface area contributed by atoms with Gasteiger partial charge in [0, 0.05) is 6.08 Å². The second-order valence-electron chi connectivity index (χ2n) is 1.47. The van der Waals surface area contributed by atoms with Crippen LogP contribution in [0.5, 0.6) is 0 Å². The second kappa shape index (κ2) is 3.83. The van der Waals surface area contributed by atoms with Gasteiger partial charge in [0.2, 0.25) is 0 Å². The van der Waals surface area contributed by atoms with Crippen molar-refractivity contribution in [3.63, 3.8) is 0 Å². The molecule has 3 nitrogen and oxygen atoms in total. The van der Waals surface area contributed by atoms with Crippen LogP contribution in [-0.4, -0.2) is 4.92 Å². The van der Waals surface area contributed by atoms with Gasteiger partial charge < -0.3 is 0 Å². The van der Waals surface area contributed by atoms with Crippen molar-refractivity contribution < 1.29 is 4.92 Å². The lowest BCUT2D eigenvalue weighted by Gasteiger charge is -1.85. The zero-order valence-corrected chi connectivity index (χ0v) is 5.50. The molecule has 50 valence electrons. The molecule has 0 aromatic carbocycles. The van der Waals surface area contributed by atoms with Crippen LogP contribution in [0.25, 0.3) is 0 Å². The predicted octanol–water partition coefficient (Wildman–Crippen LogP) is 1.74. The largest absolute Gasteiger partial charge is 0.264 e. The van der Waals surface area contributed by atoms with E-state index in [-0.39, 0.29) is 5.70 Å². The normalized spacial score (nSPS) is 12.4. The van der Waals surface area contributed by atoms with E-state index in [1.54, 1.807) is 19.9 Å². The minimum atomic E-state index is -0.417. The molecule has 0 N–H and O–H groups in total. The molecular weight excluding hydrogens is 118 g/mol. The fourth-order valence-corrected chi connectivity index (χ4v) is 0.433. The summed E-state index contributed by atoms with van der Waals surface area (Å²) in [4.78, 5) is 9.59. The number of allylic oxidation sites excluding steroid dienone is 3. The Morgan fingerprint density at radius 1 is 1.56 bits per heavy atom. The Morgan fingerprint density at radius 2 is 2.11 bits per heavy atom. The Balaban J connectivity index is 4.19. The van der Waals surface area contributed by atoms with Gasteiger partial charge in [-0.2, -0.15) is 0 Å². The van der Waals surface area contributed by atoms with Crippen LogP contribution in [0, 0.1) is 10.1 Å². The van der Waals surface area contributed by atoms with Crippen LogP contribution in [0.15, 0.2) is 23.9 Å². The highest BCUT2D eigenvalue weighted by Crippen LogP contribution is 1.95. The fraction of sp³-hybridized carbons (Fsp3) is 0.333. The molecule has 0 rings (SSSR count). The van der Waals surface area contributed by atoms with Gasteiger partial charge in [-0.25, -0.2) is 0 Å². The van der Waals surface area contributed by atoms with Gasteiger partial charge in [0.25, 0.3) is 5.70 Å². The number of nitro groups is 1. The van der Waals surface area contributed by atoms with Gasteiger partial charge in [-0.05, 0) is 19.9 Å². The first-order valence-electron chi connectivity index (χ1n) is 2.65. The smallest absolute Gasteiger partial charge is 0.258 e. The summed E-state index contributed by atoms with van der Waals surface area (Å²) in [5.74, 6) is 0. The summed E-state index contributed by atoms with van der Waals surface area (Å²) in [5.41, 5.74) is 0.137. The zero-order chi connectivity index (χ0) is 7.28. The molecule has 0 aromatic heterocycles. The number of hydrogen-bond acceptors (Lipinski definition) is 2. The number of nitrogens with zero attached hydrogens (tertiary/aromatic N) is 1. The summed E-state index contributed by atoms with van der Waals surface area (Å²) in [6.45, 7) is 3.38. The van der Waals surface area contributed by atoms with E-state index < -0.39 is 4.92 Å². The van der Waals surface area contributed by atoms with E-state index in [1.165, 1.54) is 12.2 Å². The van der Waals surface area contributed by atoms with Crippen LogP contribution in [0.2, 0.25) is 0 Å².